The molecule has 7 nitrogen and oxygen atoms in total. The van der Waals surface area contributed by atoms with E-state index in [0.717, 1.165) is 23.9 Å². The van der Waals surface area contributed by atoms with Gasteiger partial charge < -0.3 is 20.3 Å². The number of para-hydroxylation sites is 2. The Hall–Kier alpha value is -3.21. The van der Waals surface area contributed by atoms with E-state index < -0.39 is 34.7 Å². The number of ether oxygens (including phenoxy) is 1. The summed E-state index contributed by atoms with van der Waals surface area (Å²) in [5, 5.41) is 4.31. The van der Waals surface area contributed by atoms with Gasteiger partial charge in [0, 0.05) is 17.9 Å². The van der Waals surface area contributed by atoms with Crippen LogP contribution in [0.5, 0.6) is 5.75 Å². The summed E-state index contributed by atoms with van der Waals surface area (Å²) in [6.07, 6.45) is -4.73. The van der Waals surface area contributed by atoms with E-state index in [9.17, 15) is 27.6 Å². The predicted octanol–water partition coefficient (Wildman–Crippen LogP) is 4.00. The highest BCUT2D eigenvalue weighted by molar-refractivity contribution is 8.01. The van der Waals surface area contributed by atoms with E-state index in [-0.39, 0.29) is 25.2 Å². The van der Waals surface area contributed by atoms with E-state index in [1.807, 2.05) is 0 Å². The molecule has 3 amide bonds. The Morgan fingerprint density at radius 2 is 1.94 bits per heavy atom. The van der Waals surface area contributed by atoms with Crippen LogP contribution in [0.1, 0.15) is 18.9 Å². The zero-order valence-corrected chi connectivity index (χ0v) is 18.7. The number of thioether (sulfide) groups is 1. The number of nitrogens with zero attached hydrogens (tertiary/aromatic N) is 1. The summed E-state index contributed by atoms with van der Waals surface area (Å²) in [5.74, 6) is -0.936. The summed E-state index contributed by atoms with van der Waals surface area (Å²) in [4.78, 5) is 39.4. The van der Waals surface area contributed by atoms with Crippen molar-refractivity contribution in [3.63, 3.8) is 0 Å². The summed E-state index contributed by atoms with van der Waals surface area (Å²) in [5.41, 5.74) is -0.340. The van der Waals surface area contributed by atoms with Crippen molar-refractivity contribution >= 4 is 40.9 Å². The Morgan fingerprint density at radius 1 is 1.21 bits per heavy atom. The number of nitrogens with one attached hydrogen (secondary N) is 2. The molecule has 0 unspecified atom stereocenters. The number of carbonyl (C=O) groups excluding carboxylic acids is 3. The summed E-state index contributed by atoms with van der Waals surface area (Å²) in [6.45, 7) is 1.72. The van der Waals surface area contributed by atoms with Crippen LogP contribution in [0.4, 0.5) is 24.5 Å². The third-order valence-corrected chi connectivity index (χ3v) is 6.21. The molecule has 0 aromatic heterocycles. The van der Waals surface area contributed by atoms with Crippen LogP contribution in [0, 0.1) is 0 Å². The molecule has 33 heavy (non-hydrogen) atoms. The van der Waals surface area contributed by atoms with Crippen molar-refractivity contribution in [1.29, 1.82) is 0 Å². The van der Waals surface area contributed by atoms with Crippen molar-refractivity contribution < 1.29 is 32.3 Å². The van der Waals surface area contributed by atoms with Crippen LogP contribution in [-0.4, -0.2) is 48.1 Å². The fourth-order valence-corrected chi connectivity index (χ4v) is 4.32. The van der Waals surface area contributed by atoms with Crippen LogP contribution in [0.2, 0.25) is 0 Å². The SMILES string of the molecule is CCN(CC(=O)Nc1ccccc1OC)C(=O)C[C@H]1Sc2ccc(C(F)(F)F)cc2NC1=O. The van der Waals surface area contributed by atoms with Crippen LogP contribution in [0.15, 0.2) is 47.4 Å². The Labute approximate surface area is 192 Å². The first kappa shape index (κ1) is 24.4. The standard InChI is InChI=1S/C22H22F3N3O4S/c1-3-28(12-19(29)26-14-6-4-5-7-16(14)32-2)20(30)11-18-21(31)27-15-10-13(22(23,24)25)8-9-17(15)33-18/h4-10,18H,3,11-12H2,1-2H3,(H,26,29)(H,27,31)/t18-/m1/s1. The quantitative estimate of drug-likeness (QED) is 0.624. The van der Waals surface area contributed by atoms with Crippen molar-refractivity contribution in [2.24, 2.45) is 0 Å². The number of benzene rings is 2. The lowest BCUT2D eigenvalue weighted by molar-refractivity contribution is -0.137. The van der Waals surface area contributed by atoms with Crippen molar-refractivity contribution in [3.8, 4) is 5.75 Å². The molecule has 1 atom stereocenters. The third-order valence-electron chi connectivity index (χ3n) is 4.94. The number of fused-ring (bicyclic) bond motifs is 1. The first-order valence-electron chi connectivity index (χ1n) is 10.0. The van der Waals surface area contributed by atoms with Gasteiger partial charge >= 0.3 is 6.18 Å². The van der Waals surface area contributed by atoms with Crippen LogP contribution in [0.25, 0.3) is 0 Å². The fraction of sp³-hybridized carbons (Fsp3) is 0.318. The summed E-state index contributed by atoms with van der Waals surface area (Å²) >= 11 is 1.02. The van der Waals surface area contributed by atoms with E-state index in [1.54, 1.807) is 31.2 Å². The lowest BCUT2D eigenvalue weighted by atomic mass is 10.1. The second-order valence-electron chi connectivity index (χ2n) is 7.16. The van der Waals surface area contributed by atoms with Crippen LogP contribution < -0.4 is 15.4 Å². The average Bonchev–Trinajstić information content (AvgIpc) is 2.77. The molecule has 0 radical (unpaired) electrons. The molecule has 0 spiro atoms. The Bertz CT molecular complexity index is 1060. The molecule has 0 fully saturated rings. The van der Waals surface area contributed by atoms with Crippen molar-refractivity contribution in [1.82, 2.24) is 4.90 Å². The van der Waals surface area contributed by atoms with Crippen molar-refractivity contribution in [2.45, 2.75) is 29.7 Å². The van der Waals surface area contributed by atoms with Gasteiger partial charge in [-0.15, -0.1) is 11.8 Å². The topological polar surface area (TPSA) is 87.7 Å². The maximum Gasteiger partial charge on any atom is 0.416 e. The van der Waals surface area contributed by atoms with Crippen molar-refractivity contribution in [3.05, 3.63) is 48.0 Å². The highest BCUT2D eigenvalue weighted by Gasteiger charge is 2.35. The molecule has 11 heteroatoms. The van der Waals surface area contributed by atoms with Gasteiger partial charge in [0.25, 0.3) is 0 Å². The summed E-state index contributed by atoms with van der Waals surface area (Å²) < 4.78 is 43.9. The van der Waals surface area contributed by atoms with Gasteiger partial charge in [0.1, 0.15) is 5.75 Å². The molecule has 1 heterocycles. The first-order chi connectivity index (χ1) is 15.6. The molecule has 1 aliphatic heterocycles. The lowest BCUT2D eigenvalue weighted by Crippen LogP contribution is -2.41. The molecule has 0 saturated heterocycles. The summed E-state index contributed by atoms with van der Waals surface area (Å²) in [7, 11) is 1.47. The first-order valence-corrected chi connectivity index (χ1v) is 10.9. The van der Waals surface area contributed by atoms with Gasteiger partial charge in [-0.2, -0.15) is 13.2 Å². The smallest absolute Gasteiger partial charge is 0.416 e. The monoisotopic (exact) mass is 481 g/mol. The number of methoxy groups -OCH3 is 1. The number of halogens is 3. The van der Waals surface area contributed by atoms with Crippen LogP contribution in [-0.2, 0) is 20.6 Å². The van der Waals surface area contributed by atoms with E-state index in [2.05, 4.69) is 10.6 Å². The van der Waals surface area contributed by atoms with E-state index in [4.69, 9.17) is 4.74 Å². The third kappa shape index (κ3) is 5.98. The number of likely N-dealkylation sites (N-methyl/N-ethyl adjacent to an activating group) is 1. The van der Waals surface area contributed by atoms with E-state index in [1.165, 1.54) is 18.1 Å². The molecule has 0 aliphatic carbocycles. The van der Waals surface area contributed by atoms with Gasteiger partial charge in [-0.3, -0.25) is 14.4 Å². The number of hydrogen-bond donors (Lipinski definition) is 2. The maximum atomic E-state index is 12.9. The van der Waals surface area contributed by atoms with E-state index in [0.29, 0.717) is 16.3 Å². The minimum Gasteiger partial charge on any atom is -0.495 e. The van der Waals surface area contributed by atoms with Gasteiger partial charge in [-0.25, -0.2) is 0 Å². The van der Waals surface area contributed by atoms with Crippen molar-refractivity contribution in [2.75, 3.05) is 30.8 Å². The van der Waals surface area contributed by atoms with Gasteiger partial charge in [0.2, 0.25) is 17.7 Å². The minimum absolute atomic E-state index is 0.0621. The molecule has 2 N–H and O–H groups in total. The lowest BCUT2D eigenvalue weighted by Gasteiger charge is -2.27. The average molecular weight is 481 g/mol. The summed E-state index contributed by atoms with van der Waals surface area (Å²) in [6, 6.07) is 9.92. The van der Waals surface area contributed by atoms with Gasteiger partial charge in [0.05, 0.1) is 35.8 Å². The highest BCUT2D eigenvalue weighted by atomic mass is 32.2. The second-order valence-corrected chi connectivity index (χ2v) is 8.41. The number of hydrogen-bond acceptors (Lipinski definition) is 5. The highest BCUT2D eigenvalue weighted by Crippen LogP contribution is 2.40. The Morgan fingerprint density at radius 3 is 2.61 bits per heavy atom. The zero-order valence-electron chi connectivity index (χ0n) is 17.9. The largest absolute Gasteiger partial charge is 0.495 e. The number of rotatable bonds is 7. The Balaban J connectivity index is 1.63. The molecule has 1 aliphatic rings. The molecule has 2 aromatic rings. The van der Waals surface area contributed by atoms with Crippen LogP contribution in [0.3, 0.4) is 0 Å². The molecule has 2 aromatic carbocycles. The predicted molar refractivity (Wildman–Crippen MR) is 118 cm³/mol. The number of carbonyl (C=O) groups is 3. The van der Waals surface area contributed by atoms with Gasteiger partial charge in [-0.05, 0) is 37.3 Å². The molecular weight excluding hydrogens is 459 g/mol. The fourth-order valence-electron chi connectivity index (χ4n) is 3.24. The number of anilines is 2. The van der Waals surface area contributed by atoms with Gasteiger partial charge in [-0.1, -0.05) is 12.1 Å². The van der Waals surface area contributed by atoms with Gasteiger partial charge in [0.15, 0.2) is 0 Å². The van der Waals surface area contributed by atoms with E-state index >= 15 is 0 Å². The molecule has 0 saturated carbocycles. The molecule has 176 valence electrons. The Kier molecular flexibility index (Phi) is 7.52. The van der Waals surface area contributed by atoms with Crippen LogP contribution >= 0.6 is 11.8 Å². The number of alkyl halides is 3. The second kappa shape index (κ2) is 10.2. The molecule has 3 rings (SSSR count). The normalized spacial score (nSPS) is 15.3. The maximum absolute atomic E-state index is 12.9. The zero-order chi connectivity index (χ0) is 24.2. The number of amides is 3. The minimum atomic E-state index is -4.52. The molecular formula is C22H22F3N3O4S. The molecule has 0 bridgehead atoms.